The number of likely N-dealkylation sites (tertiary alicyclic amines) is 1. The Hall–Kier alpha value is -2.40. The number of aliphatic hydroxyl groups excluding tert-OH is 1. The summed E-state index contributed by atoms with van der Waals surface area (Å²) in [5.41, 5.74) is 0.574. The van der Waals surface area contributed by atoms with Crippen molar-refractivity contribution in [3.8, 4) is 5.75 Å². The number of ether oxygens (including phenoxy) is 4. The van der Waals surface area contributed by atoms with Crippen molar-refractivity contribution in [2.45, 2.75) is 43.4 Å². The van der Waals surface area contributed by atoms with E-state index in [0.29, 0.717) is 44.0 Å². The SMILES string of the molecule is COC(=O)C1CCN(C2C3OCC(O3)C(NC(=O)Nc3cccc(OC)c3)C2O)CC1. The zero-order valence-corrected chi connectivity index (χ0v) is 17.7. The van der Waals surface area contributed by atoms with E-state index in [9.17, 15) is 14.7 Å². The van der Waals surface area contributed by atoms with E-state index in [1.54, 1.807) is 31.4 Å². The largest absolute Gasteiger partial charge is 0.497 e. The Morgan fingerprint density at radius 3 is 2.71 bits per heavy atom. The lowest BCUT2D eigenvalue weighted by Gasteiger charge is -2.45. The molecule has 5 unspecified atom stereocenters. The summed E-state index contributed by atoms with van der Waals surface area (Å²) in [6, 6.07) is 5.50. The molecule has 0 radical (unpaired) electrons. The van der Waals surface area contributed by atoms with Gasteiger partial charge in [0.2, 0.25) is 0 Å². The highest BCUT2D eigenvalue weighted by Crippen LogP contribution is 2.33. The number of anilines is 1. The molecule has 0 aromatic heterocycles. The Balaban J connectivity index is 1.39. The molecule has 2 amide bonds. The number of aliphatic hydroxyl groups is 1. The van der Waals surface area contributed by atoms with Gasteiger partial charge in [0.15, 0.2) is 6.29 Å². The molecule has 4 rings (SSSR count). The number of fused-ring (bicyclic) bond motifs is 2. The van der Waals surface area contributed by atoms with Crippen molar-refractivity contribution in [1.82, 2.24) is 10.2 Å². The first kappa shape index (κ1) is 21.8. The monoisotopic (exact) mass is 435 g/mol. The normalized spacial score (nSPS) is 31.1. The van der Waals surface area contributed by atoms with Gasteiger partial charge in [0.05, 0.1) is 44.9 Å². The number of urea groups is 1. The topological polar surface area (TPSA) is 119 Å². The Kier molecular flexibility index (Phi) is 6.61. The Morgan fingerprint density at radius 1 is 1.23 bits per heavy atom. The molecular weight excluding hydrogens is 406 g/mol. The Morgan fingerprint density at radius 2 is 2.00 bits per heavy atom. The third-order valence-electron chi connectivity index (χ3n) is 6.24. The molecule has 10 nitrogen and oxygen atoms in total. The maximum atomic E-state index is 12.6. The summed E-state index contributed by atoms with van der Waals surface area (Å²) in [6.07, 6.45) is -0.591. The number of hydrogen-bond acceptors (Lipinski definition) is 8. The van der Waals surface area contributed by atoms with Crippen LogP contribution in [0.3, 0.4) is 0 Å². The second-order valence-corrected chi connectivity index (χ2v) is 8.05. The zero-order chi connectivity index (χ0) is 22.0. The van der Waals surface area contributed by atoms with Crippen LogP contribution in [0.4, 0.5) is 10.5 Å². The minimum atomic E-state index is -0.878. The van der Waals surface area contributed by atoms with E-state index in [4.69, 9.17) is 18.9 Å². The lowest BCUT2D eigenvalue weighted by molar-refractivity contribution is -0.185. The third-order valence-corrected chi connectivity index (χ3v) is 6.24. The van der Waals surface area contributed by atoms with E-state index in [1.807, 2.05) is 0 Å². The van der Waals surface area contributed by atoms with E-state index in [-0.39, 0.29) is 11.9 Å². The quantitative estimate of drug-likeness (QED) is 0.574. The third kappa shape index (κ3) is 4.62. The number of rotatable bonds is 5. The highest BCUT2D eigenvalue weighted by Gasteiger charge is 2.53. The van der Waals surface area contributed by atoms with E-state index in [2.05, 4.69) is 15.5 Å². The predicted molar refractivity (Wildman–Crippen MR) is 110 cm³/mol. The van der Waals surface area contributed by atoms with E-state index < -0.39 is 36.6 Å². The second-order valence-electron chi connectivity index (χ2n) is 8.05. The highest BCUT2D eigenvalue weighted by atomic mass is 16.7. The van der Waals surface area contributed by atoms with Crippen molar-refractivity contribution in [1.29, 1.82) is 0 Å². The van der Waals surface area contributed by atoms with Gasteiger partial charge in [-0.2, -0.15) is 0 Å². The molecule has 3 fully saturated rings. The van der Waals surface area contributed by atoms with Gasteiger partial charge in [-0.15, -0.1) is 0 Å². The van der Waals surface area contributed by atoms with Gasteiger partial charge in [-0.1, -0.05) is 6.07 Å². The van der Waals surface area contributed by atoms with Crippen LogP contribution in [0.2, 0.25) is 0 Å². The van der Waals surface area contributed by atoms with E-state index in [1.165, 1.54) is 7.11 Å². The molecule has 1 aromatic carbocycles. The molecule has 0 spiro atoms. The molecule has 3 heterocycles. The molecule has 0 saturated carbocycles. The number of esters is 1. The average molecular weight is 435 g/mol. The van der Waals surface area contributed by atoms with Gasteiger partial charge >= 0.3 is 12.0 Å². The van der Waals surface area contributed by atoms with Crippen LogP contribution in [0.1, 0.15) is 12.8 Å². The number of piperidine rings is 1. The Bertz CT molecular complexity index is 799. The number of amides is 2. The summed E-state index contributed by atoms with van der Waals surface area (Å²) < 4.78 is 21.7. The lowest BCUT2D eigenvalue weighted by Crippen LogP contribution is -2.66. The Labute approximate surface area is 180 Å². The second kappa shape index (κ2) is 9.39. The first-order valence-electron chi connectivity index (χ1n) is 10.5. The summed E-state index contributed by atoms with van der Waals surface area (Å²) in [6.45, 7) is 1.51. The summed E-state index contributed by atoms with van der Waals surface area (Å²) >= 11 is 0. The van der Waals surface area contributed by atoms with Crippen LogP contribution in [0.5, 0.6) is 5.75 Å². The lowest BCUT2D eigenvalue weighted by atomic mass is 9.91. The van der Waals surface area contributed by atoms with Crippen molar-refractivity contribution in [3.05, 3.63) is 24.3 Å². The smallest absolute Gasteiger partial charge is 0.319 e. The van der Waals surface area contributed by atoms with Gasteiger partial charge in [-0.05, 0) is 38.1 Å². The summed E-state index contributed by atoms with van der Waals surface area (Å²) in [5.74, 6) is 0.287. The number of carbonyl (C=O) groups excluding carboxylic acids is 2. The molecule has 1 aromatic rings. The molecule has 3 N–H and O–H groups in total. The molecule has 3 aliphatic rings. The average Bonchev–Trinajstić information content (AvgIpc) is 3.22. The summed E-state index contributed by atoms with van der Waals surface area (Å²) in [5, 5.41) is 16.7. The van der Waals surface area contributed by atoms with Crippen molar-refractivity contribution < 1.29 is 33.6 Å². The molecule has 3 saturated heterocycles. The van der Waals surface area contributed by atoms with E-state index >= 15 is 0 Å². The van der Waals surface area contributed by atoms with Crippen molar-refractivity contribution >= 4 is 17.7 Å². The fourth-order valence-corrected chi connectivity index (χ4v) is 4.59. The molecule has 31 heavy (non-hydrogen) atoms. The fourth-order valence-electron chi connectivity index (χ4n) is 4.59. The minimum absolute atomic E-state index is 0.136. The number of nitrogens with zero attached hydrogens (tertiary/aromatic N) is 1. The molecule has 3 aliphatic heterocycles. The van der Waals surface area contributed by atoms with Crippen LogP contribution in [0, 0.1) is 5.92 Å². The van der Waals surface area contributed by atoms with Crippen molar-refractivity contribution in [3.63, 3.8) is 0 Å². The minimum Gasteiger partial charge on any atom is -0.497 e. The van der Waals surface area contributed by atoms with Crippen molar-refractivity contribution in [2.75, 3.05) is 39.2 Å². The predicted octanol–water partition coefficient (Wildman–Crippen LogP) is 0.555. The van der Waals surface area contributed by atoms with Crippen LogP contribution >= 0.6 is 0 Å². The number of hydrogen-bond donors (Lipinski definition) is 3. The molecular formula is C21H29N3O7. The zero-order valence-electron chi connectivity index (χ0n) is 17.7. The van der Waals surface area contributed by atoms with Gasteiger partial charge in [0.1, 0.15) is 11.9 Å². The van der Waals surface area contributed by atoms with Gasteiger partial charge in [0, 0.05) is 11.8 Å². The van der Waals surface area contributed by atoms with Crippen LogP contribution in [0.25, 0.3) is 0 Å². The van der Waals surface area contributed by atoms with Crippen LogP contribution < -0.4 is 15.4 Å². The number of nitrogens with one attached hydrogen (secondary N) is 2. The summed E-state index contributed by atoms with van der Waals surface area (Å²) in [4.78, 5) is 26.5. The van der Waals surface area contributed by atoms with E-state index in [0.717, 1.165) is 0 Å². The van der Waals surface area contributed by atoms with Crippen molar-refractivity contribution in [2.24, 2.45) is 5.92 Å². The van der Waals surface area contributed by atoms with Crippen LogP contribution in [-0.2, 0) is 19.0 Å². The maximum Gasteiger partial charge on any atom is 0.319 e. The number of benzene rings is 1. The number of methoxy groups -OCH3 is 2. The molecule has 10 heteroatoms. The molecule has 170 valence electrons. The fraction of sp³-hybridized carbons (Fsp3) is 0.619. The summed E-state index contributed by atoms with van der Waals surface area (Å²) in [7, 11) is 2.95. The molecule has 2 bridgehead atoms. The van der Waals surface area contributed by atoms with Gasteiger partial charge in [-0.25, -0.2) is 4.79 Å². The molecule has 5 atom stereocenters. The number of carbonyl (C=O) groups is 2. The first-order valence-corrected chi connectivity index (χ1v) is 10.5. The molecule has 0 aliphatic carbocycles. The van der Waals surface area contributed by atoms with Crippen LogP contribution in [-0.4, -0.2) is 86.5 Å². The van der Waals surface area contributed by atoms with Gasteiger partial charge in [-0.3, -0.25) is 9.69 Å². The standard InChI is InChI=1S/C21H29N3O7/c1-28-14-5-3-4-13(10-14)22-21(27)23-16-15-11-30-20(31-15)17(18(16)25)24-8-6-12(7-9-24)19(26)29-2/h3-5,10,12,15-18,20,25H,6-9,11H2,1-2H3,(H2,22,23,27). The maximum absolute atomic E-state index is 12.6. The van der Waals surface area contributed by atoms with Gasteiger partial charge in [0.25, 0.3) is 0 Å². The van der Waals surface area contributed by atoms with Crippen LogP contribution in [0.15, 0.2) is 24.3 Å². The highest BCUT2D eigenvalue weighted by molar-refractivity contribution is 5.89. The first-order chi connectivity index (χ1) is 15.0. The van der Waals surface area contributed by atoms with Gasteiger partial charge < -0.3 is 34.7 Å².